The van der Waals surface area contributed by atoms with Crippen LogP contribution in [-0.2, 0) is 0 Å². The van der Waals surface area contributed by atoms with Gasteiger partial charge in [-0.05, 0) is 30.3 Å². The Morgan fingerprint density at radius 2 is 1.83 bits per heavy atom. The number of hydrogen-bond donors (Lipinski definition) is 0. The molecule has 92 valence electrons. The maximum Gasteiger partial charge on any atom is 0.201 e. The van der Waals surface area contributed by atoms with E-state index in [9.17, 15) is 4.79 Å². The zero-order chi connectivity index (χ0) is 13.0. The minimum Gasteiger partial charge on any atom is -0.485 e. The van der Waals surface area contributed by atoms with E-state index in [-0.39, 0.29) is 12.4 Å². The van der Waals surface area contributed by atoms with Crippen LogP contribution in [0, 0.1) is 0 Å². The normalized spacial score (nSPS) is 10.1. The SMILES string of the molecule is O=C(COc1cccc(Cl)c1)c1ccccc1Cl. The molecule has 0 fully saturated rings. The molecular formula is C14H10Cl2O2. The predicted molar refractivity (Wildman–Crippen MR) is 72.7 cm³/mol. The van der Waals surface area contributed by atoms with Crippen LogP contribution in [0.4, 0.5) is 0 Å². The van der Waals surface area contributed by atoms with Crippen molar-refractivity contribution in [2.75, 3.05) is 6.61 Å². The summed E-state index contributed by atoms with van der Waals surface area (Å²) in [5.41, 5.74) is 0.459. The Hall–Kier alpha value is -1.51. The fourth-order valence-electron chi connectivity index (χ4n) is 1.47. The summed E-state index contributed by atoms with van der Waals surface area (Å²) in [6.45, 7) is -0.0654. The second kappa shape index (κ2) is 5.89. The minimum atomic E-state index is -0.166. The molecule has 2 nitrogen and oxygen atoms in total. The van der Waals surface area contributed by atoms with E-state index < -0.39 is 0 Å². The molecule has 2 aromatic rings. The van der Waals surface area contributed by atoms with E-state index in [1.807, 2.05) is 0 Å². The summed E-state index contributed by atoms with van der Waals surface area (Å²) in [5.74, 6) is 0.392. The molecular weight excluding hydrogens is 271 g/mol. The van der Waals surface area contributed by atoms with Gasteiger partial charge in [-0.3, -0.25) is 4.79 Å². The molecule has 2 rings (SSSR count). The lowest BCUT2D eigenvalue weighted by molar-refractivity contribution is 0.0921. The number of halogens is 2. The standard InChI is InChI=1S/C14H10Cl2O2/c15-10-4-3-5-11(8-10)18-9-14(17)12-6-1-2-7-13(12)16/h1-8H,9H2. The smallest absolute Gasteiger partial charge is 0.201 e. The van der Waals surface area contributed by atoms with E-state index >= 15 is 0 Å². The maximum absolute atomic E-state index is 11.9. The third-order valence-electron chi connectivity index (χ3n) is 2.34. The van der Waals surface area contributed by atoms with Gasteiger partial charge in [0.05, 0.1) is 5.02 Å². The van der Waals surface area contributed by atoms with Crippen molar-refractivity contribution in [2.45, 2.75) is 0 Å². The number of rotatable bonds is 4. The van der Waals surface area contributed by atoms with E-state index in [0.29, 0.717) is 21.4 Å². The van der Waals surface area contributed by atoms with Crippen LogP contribution in [0.15, 0.2) is 48.5 Å². The second-order valence-electron chi connectivity index (χ2n) is 3.65. The fraction of sp³-hybridized carbons (Fsp3) is 0.0714. The summed E-state index contributed by atoms with van der Waals surface area (Å²) in [6.07, 6.45) is 0. The first-order valence-corrected chi connectivity index (χ1v) is 6.08. The Balaban J connectivity index is 2.03. The van der Waals surface area contributed by atoms with Gasteiger partial charge in [0.15, 0.2) is 6.61 Å². The van der Waals surface area contributed by atoms with Crippen LogP contribution in [0.3, 0.4) is 0 Å². The van der Waals surface area contributed by atoms with Crippen molar-refractivity contribution in [1.82, 2.24) is 0 Å². The number of Topliss-reactive ketones (excluding diaryl/α,β-unsaturated/α-hetero) is 1. The predicted octanol–water partition coefficient (Wildman–Crippen LogP) is 4.26. The van der Waals surface area contributed by atoms with Gasteiger partial charge in [0, 0.05) is 10.6 Å². The number of ketones is 1. The van der Waals surface area contributed by atoms with Crippen LogP contribution in [0.5, 0.6) is 5.75 Å². The maximum atomic E-state index is 11.9. The monoisotopic (exact) mass is 280 g/mol. The van der Waals surface area contributed by atoms with Gasteiger partial charge >= 0.3 is 0 Å². The van der Waals surface area contributed by atoms with Crippen LogP contribution in [-0.4, -0.2) is 12.4 Å². The molecule has 0 atom stereocenters. The summed E-state index contributed by atoms with van der Waals surface area (Å²) >= 11 is 11.7. The number of hydrogen-bond acceptors (Lipinski definition) is 2. The molecule has 4 heteroatoms. The molecule has 2 aromatic carbocycles. The van der Waals surface area contributed by atoms with Gasteiger partial charge in [0.2, 0.25) is 5.78 Å². The second-order valence-corrected chi connectivity index (χ2v) is 4.49. The lowest BCUT2D eigenvalue weighted by atomic mass is 10.1. The van der Waals surface area contributed by atoms with Crippen LogP contribution >= 0.6 is 23.2 Å². The molecule has 0 amide bonds. The van der Waals surface area contributed by atoms with Gasteiger partial charge in [0.1, 0.15) is 5.75 Å². The molecule has 0 saturated carbocycles. The summed E-state index contributed by atoms with van der Waals surface area (Å²) in [7, 11) is 0. The highest BCUT2D eigenvalue weighted by Crippen LogP contribution is 2.19. The van der Waals surface area contributed by atoms with Gasteiger partial charge in [-0.15, -0.1) is 0 Å². The van der Waals surface area contributed by atoms with Crippen LogP contribution in [0.1, 0.15) is 10.4 Å². The van der Waals surface area contributed by atoms with Gasteiger partial charge in [-0.25, -0.2) is 0 Å². The Kier molecular flexibility index (Phi) is 4.24. The average molecular weight is 281 g/mol. The van der Waals surface area contributed by atoms with Crippen molar-refractivity contribution in [3.63, 3.8) is 0 Å². The van der Waals surface area contributed by atoms with Crippen molar-refractivity contribution >= 4 is 29.0 Å². The molecule has 0 N–H and O–H groups in total. The molecule has 0 spiro atoms. The van der Waals surface area contributed by atoms with Crippen molar-refractivity contribution < 1.29 is 9.53 Å². The lowest BCUT2D eigenvalue weighted by Gasteiger charge is -2.06. The highest BCUT2D eigenvalue weighted by Gasteiger charge is 2.10. The summed E-state index contributed by atoms with van der Waals surface area (Å²) < 4.78 is 5.37. The minimum absolute atomic E-state index is 0.0654. The molecule has 0 aliphatic carbocycles. The van der Waals surface area contributed by atoms with E-state index in [1.54, 1.807) is 48.5 Å². The Labute approximate surface area is 115 Å². The molecule has 0 aliphatic rings. The molecule has 0 unspecified atom stereocenters. The fourth-order valence-corrected chi connectivity index (χ4v) is 1.89. The van der Waals surface area contributed by atoms with Crippen molar-refractivity contribution in [1.29, 1.82) is 0 Å². The van der Waals surface area contributed by atoms with Gasteiger partial charge in [-0.2, -0.15) is 0 Å². The highest BCUT2D eigenvalue weighted by molar-refractivity contribution is 6.34. The summed E-state index contributed by atoms with van der Waals surface area (Å²) in [4.78, 5) is 11.9. The van der Waals surface area contributed by atoms with Crippen molar-refractivity contribution in [3.8, 4) is 5.75 Å². The molecule has 0 saturated heterocycles. The Morgan fingerprint density at radius 3 is 2.56 bits per heavy atom. The zero-order valence-corrected chi connectivity index (χ0v) is 10.9. The van der Waals surface area contributed by atoms with Crippen molar-refractivity contribution in [3.05, 3.63) is 64.1 Å². The van der Waals surface area contributed by atoms with Gasteiger partial charge in [-0.1, -0.05) is 41.4 Å². The van der Waals surface area contributed by atoms with E-state index in [0.717, 1.165) is 0 Å². The quantitative estimate of drug-likeness (QED) is 0.783. The number of benzene rings is 2. The highest BCUT2D eigenvalue weighted by atomic mass is 35.5. The van der Waals surface area contributed by atoms with E-state index in [4.69, 9.17) is 27.9 Å². The first kappa shape index (κ1) is 12.9. The molecule has 18 heavy (non-hydrogen) atoms. The third-order valence-corrected chi connectivity index (χ3v) is 2.90. The molecule has 0 aliphatic heterocycles. The van der Waals surface area contributed by atoms with E-state index in [2.05, 4.69) is 0 Å². The van der Waals surface area contributed by atoms with Crippen LogP contribution in [0.2, 0.25) is 10.0 Å². The van der Waals surface area contributed by atoms with Gasteiger partial charge in [0.25, 0.3) is 0 Å². The first-order valence-electron chi connectivity index (χ1n) is 5.33. The largest absolute Gasteiger partial charge is 0.485 e. The Morgan fingerprint density at radius 1 is 1.06 bits per heavy atom. The summed E-state index contributed by atoms with van der Waals surface area (Å²) in [5, 5.41) is 0.995. The number of carbonyl (C=O) groups excluding carboxylic acids is 1. The summed E-state index contributed by atoms with van der Waals surface area (Å²) in [6, 6.07) is 13.8. The third kappa shape index (κ3) is 3.25. The van der Waals surface area contributed by atoms with Gasteiger partial charge < -0.3 is 4.74 Å². The lowest BCUT2D eigenvalue weighted by Crippen LogP contribution is -2.11. The van der Waals surface area contributed by atoms with Crippen molar-refractivity contribution in [2.24, 2.45) is 0 Å². The molecule has 0 bridgehead atoms. The first-order chi connectivity index (χ1) is 8.66. The van der Waals surface area contributed by atoms with Crippen LogP contribution in [0.25, 0.3) is 0 Å². The topological polar surface area (TPSA) is 26.3 Å². The zero-order valence-electron chi connectivity index (χ0n) is 9.40. The number of ether oxygens (including phenoxy) is 1. The molecule has 0 radical (unpaired) electrons. The average Bonchev–Trinajstić information content (AvgIpc) is 2.37. The molecule has 0 aromatic heterocycles. The van der Waals surface area contributed by atoms with Crippen LogP contribution < -0.4 is 4.74 Å². The number of carbonyl (C=O) groups is 1. The molecule has 0 heterocycles. The Bertz CT molecular complexity index is 567. The van der Waals surface area contributed by atoms with E-state index in [1.165, 1.54) is 0 Å².